The highest BCUT2D eigenvalue weighted by Gasteiger charge is 2.04. The molecule has 0 aliphatic rings. The van der Waals surface area contributed by atoms with Gasteiger partial charge in [0.05, 0.1) is 14.2 Å². The highest BCUT2D eigenvalue weighted by Crippen LogP contribution is 2.28. The zero-order valence-electron chi connectivity index (χ0n) is 15.6. The van der Waals surface area contributed by atoms with Crippen molar-refractivity contribution in [1.29, 1.82) is 0 Å². The van der Waals surface area contributed by atoms with Gasteiger partial charge in [0.1, 0.15) is 11.5 Å². The molecule has 0 saturated heterocycles. The molecule has 2 aromatic carbocycles. The van der Waals surface area contributed by atoms with Crippen molar-refractivity contribution >= 4 is 17.7 Å². The number of rotatable bonds is 7. The Balaban J connectivity index is 1.65. The smallest absolute Gasteiger partial charge is 0.248 e. The van der Waals surface area contributed by atoms with Gasteiger partial charge in [-0.2, -0.15) is 0 Å². The van der Waals surface area contributed by atoms with Crippen LogP contribution in [0.25, 0.3) is 6.08 Å². The standard InChI is InChI=1S/C22H20N2O4/c1-26-20-8-6-16(14-21(20)27-2)7-9-22(25)24-17-4-3-5-19(15-17)28-18-10-12-23-13-11-18/h3-15H,1-2H3,(H,24,25). The number of carbonyl (C=O) groups is 1. The van der Waals surface area contributed by atoms with E-state index in [2.05, 4.69) is 10.3 Å². The van der Waals surface area contributed by atoms with Gasteiger partial charge in [-0.3, -0.25) is 9.78 Å². The minimum absolute atomic E-state index is 0.254. The lowest BCUT2D eigenvalue weighted by Crippen LogP contribution is -2.07. The zero-order valence-corrected chi connectivity index (χ0v) is 15.6. The van der Waals surface area contributed by atoms with Gasteiger partial charge in [-0.25, -0.2) is 0 Å². The first-order valence-corrected chi connectivity index (χ1v) is 8.57. The average Bonchev–Trinajstić information content (AvgIpc) is 2.73. The maximum Gasteiger partial charge on any atom is 0.248 e. The molecule has 6 nitrogen and oxygen atoms in total. The molecule has 1 N–H and O–H groups in total. The van der Waals surface area contributed by atoms with Crippen molar-refractivity contribution in [2.75, 3.05) is 19.5 Å². The molecule has 142 valence electrons. The van der Waals surface area contributed by atoms with E-state index >= 15 is 0 Å². The van der Waals surface area contributed by atoms with Crippen LogP contribution in [-0.4, -0.2) is 25.1 Å². The number of pyridine rings is 1. The molecule has 0 unspecified atom stereocenters. The first-order valence-electron chi connectivity index (χ1n) is 8.57. The Morgan fingerprint density at radius 1 is 0.929 bits per heavy atom. The molecule has 0 aliphatic heterocycles. The first kappa shape index (κ1) is 19.0. The number of hydrogen-bond acceptors (Lipinski definition) is 5. The van der Waals surface area contributed by atoms with Gasteiger partial charge in [-0.15, -0.1) is 0 Å². The van der Waals surface area contributed by atoms with E-state index in [1.54, 1.807) is 69.1 Å². The fraction of sp³-hybridized carbons (Fsp3) is 0.0909. The van der Waals surface area contributed by atoms with Crippen LogP contribution in [0.2, 0.25) is 0 Å². The number of nitrogens with one attached hydrogen (secondary N) is 1. The topological polar surface area (TPSA) is 69.7 Å². The number of methoxy groups -OCH3 is 2. The zero-order chi connectivity index (χ0) is 19.8. The third-order valence-corrected chi connectivity index (χ3v) is 3.82. The van der Waals surface area contributed by atoms with Gasteiger partial charge in [0.2, 0.25) is 5.91 Å². The summed E-state index contributed by atoms with van der Waals surface area (Å²) in [7, 11) is 3.15. The highest BCUT2D eigenvalue weighted by atomic mass is 16.5. The Hall–Kier alpha value is -3.80. The fourth-order valence-electron chi connectivity index (χ4n) is 2.49. The van der Waals surface area contributed by atoms with Crippen LogP contribution >= 0.6 is 0 Å². The number of benzene rings is 2. The summed E-state index contributed by atoms with van der Waals surface area (Å²) in [6.45, 7) is 0. The molecular formula is C22H20N2O4. The summed E-state index contributed by atoms with van der Waals surface area (Å²) in [6, 6.07) is 16.1. The predicted octanol–water partition coefficient (Wildman–Crippen LogP) is 4.54. The van der Waals surface area contributed by atoms with Gasteiger partial charge in [-0.1, -0.05) is 12.1 Å². The van der Waals surface area contributed by atoms with Crippen LogP contribution in [0.15, 0.2) is 73.1 Å². The van der Waals surface area contributed by atoms with Crippen LogP contribution in [0.3, 0.4) is 0 Å². The first-order chi connectivity index (χ1) is 13.7. The summed E-state index contributed by atoms with van der Waals surface area (Å²) in [5.41, 5.74) is 1.45. The van der Waals surface area contributed by atoms with Crippen molar-refractivity contribution in [3.05, 3.63) is 78.6 Å². The molecule has 3 rings (SSSR count). The van der Waals surface area contributed by atoms with E-state index in [4.69, 9.17) is 14.2 Å². The molecule has 0 bridgehead atoms. The van der Waals surface area contributed by atoms with Crippen LogP contribution < -0.4 is 19.5 Å². The molecule has 0 aliphatic carbocycles. The summed E-state index contributed by atoms with van der Waals surface area (Å²) >= 11 is 0. The highest BCUT2D eigenvalue weighted by molar-refractivity contribution is 6.02. The van der Waals surface area contributed by atoms with Crippen molar-refractivity contribution < 1.29 is 19.0 Å². The van der Waals surface area contributed by atoms with E-state index in [-0.39, 0.29) is 5.91 Å². The molecule has 3 aromatic rings. The predicted molar refractivity (Wildman–Crippen MR) is 108 cm³/mol. The summed E-state index contributed by atoms with van der Waals surface area (Å²) < 4.78 is 16.2. The van der Waals surface area contributed by atoms with E-state index in [0.717, 1.165) is 5.56 Å². The second-order valence-corrected chi connectivity index (χ2v) is 5.75. The van der Waals surface area contributed by atoms with Crippen molar-refractivity contribution in [2.24, 2.45) is 0 Å². The minimum atomic E-state index is -0.254. The van der Waals surface area contributed by atoms with Crippen molar-refractivity contribution in [3.8, 4) is 23.0 Å². The lowest BCUT2D eigenvalue weighted by Gasteiger charge is -2.08. The van der Waals surface area contributed by atoms with E-state index in [1.165, 1.54) is 6.08 Å². The van der Waals surface area contributed by atoms with Gasteiger partial charge in [0.25, 0.3) is 0 Å². The Morgan fingerprint density at radius 3 is 2.46 bits per heavy atom. The number of aromatic nitrogens is 1. The second-order valence-electron chi connectivity index (χ2n) is 5.75. The summed E-state index contributed by atoms with van der Waals surface area (Å²) in [4.78, 5) is 16.2. The van der Waals surface area contributed by atoms with Gasteiger partial charge in [0.15, 0.2) is 11.5 Å². The quantitative estimate of drug-likeness (QED) is 0.613. The summed E-state index contributed by atoms with van der Waals surface area (Å²) in [5.74, 6) is 2.27. The van der Waals surface area contributed by atoms with Gasteiger partial charge in [-0.05, 0) is 48.0 Å². The minimum Gasteiger partial charge on any atom is -0.493 e. The van der Waals surface area contributed by atoms with E-state index < -0.39 is 0 Å². The maximum atomic E-state index is 12.2. The second kappa shape index (κ2) is 9.23. The average molecular weight is 376 g/mol. The normalized spacial score (nSPS) is 10.5. The Kier molecular flexibility index (Phi) is 6.25. The van der Waals surface area contributed by atoms with Crippen molar-refractivity contribution in [3.63, 3.8) is 0 Å². The third-order valence-electron chi connectivity index (χ3n) is 3.82. The molecular weight excluding hydrogens is 356 g/mol. The molecule has 1 heterocycles. The number of ether oxygens (including phenoxy) is 3. The summed E-state index contributed by atoms with van der Waals surface area (Å²) in [5, 5.41) is 2.82. The van der Waals surface area contributed by atoms with Gasteiger partial charge >= 0.3 is 0 Å². The van der Waals surface area contributed by atoms with Crippen LogP contribution in [0.4, 0.5) is 5.69 Å². The molecule has 0 saturated carbocycles. The molecule has 6 heteroatoms. The monoisotopic (exact) mass is 376 g/mol. The van der Waals surface area contributed by atoms with Crippen LogP contribution in [0.5, 0.6) is 23.0 Å². The SMILES string of the molecule is COc1ccc(C=CC(=O)Nc2cccc(Oc3ccncc3)c2)cc1OC. The molecule has 0 spiro atoms. The molecule has 1 aromatic heterocycles. The Bertz CT molecular complexity index is 971. The van der Waals surface area contributed by atoms with Gasteiger partial charge in [0, 0.05) is 30.2 Å². The summed E-state index contributed by atoms with van der Waals surface area (Å²) in [6.07, 6.45) is 6.46. The molecule has 28 heavy (non-hydrogen) atoms. The number of hydrogen-bond donors (Lipinski definition) is 1. The molecule has 0 atom stereocenters. The van der Waals surface area contributed by atoms with E-state index in [9.17, 15) is 4.79 Å². The lowest BCUT2D eigenvalue weighted by molar-refractivity contribution is -0.111. The van der Waals surface area contributed by atoms with Gasteiger partial charge < -0.3 is 19.5 Å². The van der Waals surface area contributed by atoms with Crippen LogP contribution in [0, 0.1) is 0 Å². The number of anilines is 1. The third kappa shape index (κ3) is 5.11. The number of nitrogens with zero attached hydrogens (tertiary/aromatic N) is 1. The van der Waals surface area contributed by atoms with Crippen molar-refractivity contribution in [2.45, 2.75) is 0 Å². The fourth-order valence-corrected chi connectivity index (χ4v) is 2.49. The largest absolute Gasteiger partial charge is 0.493 e. The van der Waals surface area contributed by atoms with E-state index in [1.807, 2.05) is 18.2 Å². The molecule has 0 fully saturated rings. The van der Waals surface area contributed by atoms with Crippen LogP contribution in [0.1, 0.15) is 5.56 Å². The number of amides is 1. The lowest BCUT2D eigenvalue weighted by atomic mass is 10.2. The van der Waals surface area contributed by atoms with Crippen molar-refractivity contribution in [1.82, 2.24) is 4.98 Å². The molecule has 1 amide bonds. The Morgan fingerprint density at radius 2 is 1.71 bits per heavy atom. The Labute approximate surface area is 163 Å². The molecule has 0 radical (unpaired) electrons. The maximum absolute atomic E-state index is 12.2. The van der Waals surface area contributed by atoms with Crippen LogP contribution in [-0.2, 0) is 4.79 Å². The van der Waals surface area contributed by atoms with E-state index in [0.29, 0.717) is 28.7 Å². The number of carbonyl (C=O) groups excluding carboxylic acids is 1.